The second kappa shape index (κ2) is 6.83. The summed E-state index contributed by atoms with van der Waals surface area (Å²) in [5, 5.41) is 7.92. The Morgan fingerprint density at radius 3 is 2.55 bits per heavy atom. The Kier molecular flexibility index (Phi) is 4.80. The van der Waals surface area contributed by atoms with Crippen LogP contribution in [0.2, 0.25) is 0 Å². The van der Waals surface area contributed by atoms with E-state index in [4.69, 9.17) is 11.6 Å². The van der Waals surface area contributed by atoms with Crippen molar-refractivity contribution in [1.29, 1.82) is 0 Å². The summed E-state index contributed by atoms with van der Waals surface area (Å²) in [6.45, 7) is 3.60. The smallest absolute Gasteiger partial charge is 0.0339 e. The highest BCUT2D eigenvalue weighted by Gasteiger charge is 2.42. The van der Waals surface area contributed by atoms with E-state index in [0.717, 1.165) is 17.8 Å². The molecule has 4 fully saturated rings. The van der Waals surface area contributed by atoms with Gasteiger partial charge in [0.1, 0.15) is 0 Å². The molecule has 5 atom stereocenters. The normalized spacial score (nSPS) is 43.2. The Morgan fingerprint density at radius 2 is 1.68 bits per heavy atom. The van der Waals surface area contributed by atoms with Gasteiger partial charge in [-0.25, -0.2) is 0 Å². The monoisotopic (exact) mass is 322 g/mol. The van der Waals surface area contributed by atoms with E-state index in [1.165, 1.54) is 77.4 Å². The Hall–Kier alpha value is -0.0500. The zero-order valence-corrected chi connectivity index (χ0v) is 14.5. The van der Waals surface area contributed by atoms with E-state index in [9.17, 15) is 0 Å². The van der Waals surface area contributed by atoms with Crippen molar-refractivity contribution >= 4 is 11.6 Å². The molecular formula is C19H31ClN2. The molecule has 0 aromatic carbocycles. The van der Waals surface area contributed by atoms with Crippen LogP contribution < -0.4 is 10.6 Å². The van der Waals surface area contributed by atoms with Crippen molar-refractivity contribution in [3.63, 3.8) is 0 Å². The number of hydrogen-bond donors (Lipinski definition) is 2. The molecule has 2 nitrogen and oxygen atoms in total. The van der Waals surface area contributed by atoms with Crippen LogP contribution in [-0.2, 0) is 0 Å². The SMILES string of the molecule is ClC1CCC2C(=C3CCNCC3)C3NCCCC3CCC2C1. The molecule has 4 aliphatic rings. The highest BCUT2D eigenvalue weighted by atomic mass is 35.5. The molecule has 4 rings (SSSR count). The Balaban J connectivity index is 1.70. The van der Waals surface area contributed by atoms with Crippen LogP contribution in [0.1, 0.15) is 57.8 Å². The van der Waals surface area contributed by atoms with E-state index in [1.54, 1.807) is 0 Å². The third-order valence-corrected chi connectivity index (χ3v) is 7.16. The summed E-state index contributed by atoms with van der Waals surface area (Å²) in [7, 11) is 0. The molecule has 0 bridgehead atoms. The first-order valence-corrected chi connectivity index (χ1v) is 10.1. The zero-order valence-electron chi connectivity index (χ0n) is 13.7. The molecule has 0 aromatic heterocycles. The fraction of sp³-hybridized carbons (Fsp3) is 0.895. The molecule has 0 amide bonds. The lowest BCUT2D eigenvalue weighted by molar-refractivity contribution is 0.261. The number of fused-ring (bicyclic) bond motifs is 2. The predicted octanol–water partition coefficient (Wildman–Crippen LogP) is 3.85. The molecule has 5 unspecified atom stereocenters. The van der Waals surface area contributed by atoms with Crippen LogP contribution >= 0.6 is 11.6 Å². The van der Waals surface area contributed by atoms with Crippen LogP contribution in [0.3, 0.4) is 0 Å². The van der Waals surface area contributed by atoms with Gasteiger partial charge in [-0.15, -0.1) is 11.6 Å². The third kappa shape index (κ3) is 2.99. The average molecular weight is 323 g/mol. The Labute approximate surface area is 140 Å². The highest BCUT2D eigenvalue weighted by molar-refractivity contribution is 6.20. The molecule has 0 spiro atoms. The lowest BCUT2D eigenvalue weighted by atomic mass is 9.70. The van der Waals surface area contributed by atoms with Crippen LogP contribution in [0, 0.1) is 17.8 Å². The maximum Gasteiger partial charge on any atom is 0.0339 e. The van der Waals surface area contributed by atoms with Crippen molar-refractivity contribution < 1.29 is 0 Å². The number of piperidine rings is 2. The second-order valence-corrected chi connectivity index (χ2v) is 8.61. The maximum absolute atomic E-state index is 6.53. The molecule has 2 N–H and O–H groups in total. The molecule has 0 radical (unpaired) electrons. The summed E-state index contributed by atoms with van der Waals surface area (Å²) >= 11 is 6.53. The van der Waals surface area contributed by atoms with Crippen molar-refractivity contribution in [3.05, 3.63) is 11.1 Å². The summed E-state index contributed by atoms with van der Waals surface area (Å²) < 4.78 is 0. The Bertz CT molecular complexity index is 425. The number of rotatable bonds is 0. The van der Waals surface area contributed by atoms with Gasteiger partial charge in [-0.05, 0) is 95.2 Å². The van der Waals surface area contributed by atoms with Crippen molar-refractivity contribution in [2.45, 2.75) is 69.2 Å². The number of hydrogen-bond acceptors (Lipinski definition) is 2. The summed E-state index contributed by atoms with van der Waals surface area (Å²) in [6.07, 6.45) is 12.1. The average Bonchev–Trinajstić information content (AvgIpc) is 2.72. The molecule has 0 aromatic rings. The van der Waals surface area contributed by atoms with E-state index < -0.39 is 0 Å². The van der Waals surface area contributed by atoms with E-state index in [2.05, 4.69) is 10.6 Å². The van der Waals surface area contributed by atoms with E-state index in [-0.39, 0.29) is 0 Å². The van der Waals surface area contributed by atoms with E-state index in [0.29, 0.717) is 11.4 Å². The third-order valence-electron chi connectivity index (χ3n) is 6.76. The van der Waals surface area contributed by atoms with Crippen molar-refractivity contribution in [2.75, 3.05) is 19.6 Å². The molecule has 22 heavy (non-hydrogen) atoms. The molecule has 2 saturated heterocycles. The fourth-order valence-electron chi connectivity index (χ4n) is 5.72. The van der Waals surface area contributed by atoms with E-state index in [1.807, 2.05) is 11.1 Å². The number of nitrogens with one attached hydrogen (secondary N) is 2. The van der Waals surface area contributed by atoms with Crippen LogP contribution in [0.5, 0.6) is 0 Å². The molecule has 2 saturated carbocycles. The highest BCUT2D eigenvalue weighted by Crippen LogP contribution is 2.48. The molecule has 124 valence electrons. The van der Waals surface area contributed by atoms with Crippen LogP contribution in [0.15, 0.2) is 11.1 Å². The largest absolute Gasteiger partial charge is 0.316 e. The predicted molar refractivity (Wildman–Crippen MR) is 93.4 cm³/mol. The zero-order chi connectivity index (χ0) is 14.9. The van der Waals surface area contributed by atoms with Crippen LogP contribution in [0.4, 0.5) is 0 Å². The minimum absolute atomic E-state index is 0.439. The van der Waals surface area contributed by atoms with Gasteiger partial charge in [-0.3, -0.25) is 0 Å². The summed E-state index contributed by atoms with van der Waals surface area (Å²) in [5.41, 5.74) is 3.69. The topological polar surface area (TPSA) is 24.1 Å². The molecule has 2 heterocycles. The number of halogens is 1. The maximum atomic E-state index is 6.53. The lowest BCUT2D eigenvalue weighted by Gasteiger charge is -2.40. The summed E-state index contributed by atoms with van der Waals surface area (Å²) in [4.78, 5) is 0. The quantitative estimate of drug-likeness (QED) is 0.523. The van der Waals surface area contributed by atoms with Gasteiger partial charge in [0.05, 0.1) is 0 Å². The number of alkyl halides is 1. The first-order valence-electron chi connectivity index (χ1n) is 9.63. The van der Waals surface area contributed by atoms with Gasteiger partial charge in [-0.1, -0.05) is 11.1 Å². The van der Waals surface area contributed by atoms with Crippen molar-refractivity contribution in [1.82, 2.24) is 10.6 Å². The minimum atomic E-state index is 0.439. The second-order valence-electron chi connectivity index (χ2n) is 8.00. The summed E-state index contributed by atoms with van der Waals surface area (Å²) in [5.74, 6) is 2.59. The molecule has 3 heteroatoms. The lowest BCUT2D eigenvalue weighted by Crippen LogP contribution is -2.45. The molecule has 2 aliphatic heterocycles. The van der Waals surface area contributed by atoms with Gasteiger partial charge in [0.15, 0.2) is 0 Å². The Morgan fingerprint density at radius 1 is 0.864 bits per heavy atom. The van der Waals surface area contributed by atoms with Gasteiger partial charge in [0.2, 0.25) is 0 Å². The first kappa shape index (κ1) is 15.5. The first-order chi connectivity index (χ1) is 10.8. The molecular weight excluding hydrogens is 292 g/mol. The minimum Gasteiger partial charge on any atom is -0.316 e. The van der Waals surface area contributed by atoms with Crippen molar-refractivity contribution in [3.8, 4) is 0 Å². The van der Waals surface area contributed by atoms with Gasteiger partial charge in [0.25, 0.3) is 0 Å². The standard InChI is InChI=1S/C19H31ClN2/c20-16-5-6-17-15(12-16)4-3-14-2-1-9-22-19(14)18(17)13-7-10-21-11-8-13/h14-17,19,21-22H,1-12H2. The van der Waals surface area contributed by atoms with Gasteiger partial charge in [-0.2, -0.15) is 0 Å². The fourth-order valence-corrected chi connectivity index (χ4v) is 6.08. The van der Waals surface area contributed by atoms with Gasteiger partial charge >= 0.3 is 0 Å². The van der Waals surface area contributed by atoms with Crippen LogP contribution in [0.25, 0.3) is 0 Å². The summed E-state index contributed by atoms with van der Waals surface area (Å²) in [6, 6.07) is 0.698. The van der Waals surface area contributed by atoms with Crippen molar-refractivity contribution in [2.24, 2.45) is 17.8 Å². The van der Waals surface area contributed by atoms with E-state index >= 15 is 0 Å². The van der Waals surface area contributed by atoms with Crippen LogP contribution in [-0.4, -0.2) is 31.1 Å². The van der Waals surface area contributed by atoms with Gasteiger partial charge < -0.3 is 10.6 Å². The van der Waals surface area contributed by atoms with Gasteiger partial charge in [0, 0.05) is 11.4 Å². The molecule has 2 aliphatic carbocycles.